The molecule has 4 nitrogen and oxygen atoms in total. The second-order valence-corrected chi connectivity index (χ2v) is 6.12. The first-order valence-electron chi connectivity index (χ1n) is 7.60. The summed E-state index contributed by atoms with van der Waals surface area (Å²) in [5.74, 6) is 2.46. The Morgan fingerprint density at radius 1 is 1.30 bits per heavy atom. The minimum absolute atomic E-state index is 0.344. The van der Waals surface area contributed by atoms with Crippen LogP contribution in [-0.2, 0) is 0 Å². The van der Waals surface area contributed by atoms with Crippen LogP contribution < -0.4 is 19.7 Å². The van der Waals surface area contributed by atoms with Crippen molar-refractivity contribution >= 4 is 5.69 Å². The van der Waals surface area contributed by atoms with Crippen LogP contribution in [0.5, 0.6) is 11.5 Å². The molecule has 0 bridgehead atoms. The van der Waals surface area contributed by atoms with Gasteiger partial charge < -0.3 is 19.7 Å². The van der Waals surface area contributed by atoms with Crippen LogP contribution in [0.3, 0.4) is 0 Å². The molecule has 0 amide bonds. The predicted molar refractivity (Wildman–Crippen MR) is 80.6 cm³/mol. The maximum atomic E-state index is 5.49. The Bertz CT molecular complexity index is 462. The molecule has 1 N–H and O–H groups in total. The minimum atomic E-state index is 0.344. The van der Waals surface area contributed by atoms with E-state index in [-0.39, 0.29) is 0 Å². The molecule has 4 heteroatoms. The molecule has 2 aliphatic rings. The first-order valence-corrected chi connectivity index (χ1v) is 7.60. The Labute approximate surface area is 121 Å². The molecule has 20 heavy (non-hydrogen) atoms. The van der Waals surface area contributed by atoms with Crippen molar-refractivity contribution in [3.05, 3.63) is 18.2 Å². The van der Waals surface area contributed by atoms with Crippen LogP contribution in [0.25, 0.3) is 0 Å². The zero-order valence-corrected chi connectivity index (χ0v) is 12.4. The van der Waals surface area contributed by atoms with E-state index in [2.05, 4.69) is 36.2 Å². The standard InChI is InChI=1S/C16H24N2O2/c1-12(2)8-13-10-18(7-3-6-17-13)14-4-5-15-16(9-14)20-11-19-15/h4-5,9,12-13,17H,3,6-8,10-11H2,1-2H3. The normalized spacial score (nSPS) is 22.1. The molecule has 1 atom stereocenters. The van der Waals surface area contributed by atoms with Gasteiger partial charge in [-0.15, -0.1) is 0 Å². The van der Waals surface area contributed by atoms with Gasteiger partial charge in [-0.3, -0.25) is 0 Å². The van der Waals surface area contributed by atoms with Crippen molar-refractivity contribution in [1.29, 1.82) is 0 Å². The van der Waals surface area contributed by atoms with Gasteiger partial charge in [0.05, 0.1) is 0 Å². The van der Waals surface area contributed by atoms with Gasteiger partial charge in [0.2, 0.25) is 6.79 Å². The molecule has 1 fully saturated rings. The van der Waals surface area contributed by atoms with Crippen molar-refractivity contribution < 1.29 is 9.47 Å². The molecule has 1 unspecified atom stereocenters. The first-order chi connectivity index (χ1) is 9.72. The Morgan fingerprint density at radius 2 is 2.15 bits per heavy atom. The van der Waals surface area contributed by atoms with Crippen molar-refractivity contribution in [3.63, 3.8) is 0 Å². The van der Waals surface area contributed by atoms with E-state index < -0.39 is 0 Å². The van der Waals surface area contributed by atoms with Gasteiger partial charge in [0.1, 0.15) is 0 Å². The van der Waals surface area contributed by atoms with Crippen LogP contribution >= 0.6 is 0 Å². The Kier molecular flexibility index (Phi) is 4.01. The highest BCUT2D eigenvalue weighted by Gasteiger charge is 2.21. The number of hydrogen-bond acceptors (Lipinski definition) is 4. The van der Waals surface area contributed by atoms with Gasteiger partial charge in [-0.05, 0) is 37.4 Å². The summed E-state index contributed by atoms with van der Waals surface area (Å²) in [6.07, 6.45) is 2.41. The molecule has 1 aromatic carbocycles. The third-order valence-corrected chi connectivity index (χ3v) is 3.96. The quantitative estimate of drug-likeness (QED) is 0.920. The molecule has 110 valence electrons. The van der Waals surface area contributed by atoms with Crippen LogP contribution in [0.2, 0.25) is 0 Å². The van der Waals surface area contributed by atoms with Crippen LogP contribution in [0.4, 0.5) is 5.69 Å². The lowest BCUT2D eigenvalue weighted by Crippen LogP contribution is -2.38. The minimum Gasteiger partial charge on any atom is -0.454 e. The van der Waals surface area contributed by atoms with Crippen molar-refractivity contribution in [2.24, 2.45) is 5.92 Å². The number of benzene rings is 1. The van der Waals surface area contributed by atoms with E-state index in [1.54, 1.807) is 0 Å². The van der Waals surface area contributed by atoms with Gasteiger partial charge in [0.15, 0.2) is 11.5 Å². The third-order valence-electron chi connectivity index (χ3n) is 3.96. The summed E-state index contributed by atoms with van der Waals surface area (Å²) in [7, 11) is 0. The number of hydrogen-bond donors (Lipinski definition) is 1. The molecule has 2 aliphatic heterocycles. The topological polar surface area (TPSA) is 33.7 Å². The summed E-state index contributed by atoms with van der Waals surface area (Å²) in [5.41, 5.74) is 1.24. The summed E-state index contributed by atoms with van der Waals surface area (Å²) in [5, 5.41) is 3.67. The highest BCUT2D eigenvalue weighted by atomic mass is 16.7. The first kappa shape index (κ1) is 13.6. The average molecular weight is 276 g/mol. The molecule has 0 radical (unpaired) electrons. The van der Waals surface area contributed by atoms with Gasteiger partial charge in [0, 0.05) is 30.9 Å². The van der Waals surface area contributed by atoms with E-state index in [9.17, 15) is 0 Å². The SMILES string of the molecule is CC(C)CC1CN(c2ccc3c(c2)OCO3)CCCN1. The fourth-order valence-corrected chi connectivity index (χ4v) is 3.04. The van der Waals surface area contributed by atoms with Crippen LogP contribution in [0, 0.1) is 5.92 Å². The summed E-state index contributed by atoms with van der Waals surface area (Å²) >= 11 is 0. The summed E-state index contributed by atoms with van der Waals surface area (Å²) in [4.78, 5) is 2.47. The second-order valence-electron chi connectivity index (χ2n) is 6.12. The third kappa shape index (κ3) is 3.01. The molecule has 2 heterocycles. The van der Waals surface area contributed by atoms with Gasteiger partial charge in [-0.2, -0.15) is 0 Å². The molecular formula is C16H24N2O2. The van der Waals surface area contributed by atoms with Crippen LogP contribution in [-0.4, -0.2) is 32.5 Å². The molecule has 0 spiro atoms. The van der Waals surface area contributed by atoms with E-state index in [4.69, 9.17) is 9.47 Å². The zero-order chi connectivity index (χ0) is 13.9. The number of nitrogens with one attached hydrogen (secondary N) is 1. The molecule has 1 aromatic rings. The predicted octanol–water partition coefficient (Wildman–Crippen LogP) is 2.63. The van der Waals surface area contributed by atoms with Gasteiger partial charge in [-0.25, -0.2) is 0 Å². The molecule has 0 aromatic heterocycles. The van der Waals surface area contributed by atoms with Crippen molar-refractivity contribution in [2.45, 2.75) is 32.7 Å². The Hall–Kier alpha value is -1.42. The van der Waals surface area contributed by atoms with Gasteiger partial charge >= 0.3 is 0 Å². The van der Waals surface area contributed by atoms with Crippen LogP contribution in [0.1, 0.15) is 26.7 Å². The lowest BCUT2D eigenvalue weighted by atomic mass is 10.0. The largest absolute Gasteiger partial charge is 0.454 e. The fourth-order valence-electron chi connectivity index (χ4n) is 3.04. The molecular weight excluding hydrogens is 252 g/mol. The Morgan fingerprint density at radius 3 is 3.00 bits per heavy atom. The van der Waals surface area contributed by atoms with Crippen molar-refractivity contribution in [1.82, 2.24) is 5.32 Å². The van der Waals surface area contributed by atoms with E-state index in [1.807, 2.05) is 6.07 Å². The summed E-state index contributed by atoms with van der Waals surface area (Å²) in [6, 6.07) is 6.85. The van der Waals surface area contributed by atoms with E-state index in [0.29, 0.717) is 12.8 Å². The van der Waals surface area contributed by atoms with E-state index in [1.165, 1.54) is 18.5 Å². The number of anilines is 1. The number of fused-ring (bicyclic) bond motifs is 1. The maximum absolute atomic E-state index is 5.49. The second kappa shape index (κ2) is 5.92. The fraction of sp³-hybridized carbons (Fsp3) is 0.625. The maximum Gasteiger partial charge on any atom is 0.231 e. The monoisotopic (exact) mass is 276 g/mol. The number of rotatable bonds is 3. The summed E-state index contributed by atoms with van der Waals surface area (Å²) < 4.78 is 10.9. The summed E-state index contributed by atoms with van der Waals surface area (Å²) in [6.45, 7) is 8.20. The number of ether oxygens (including phenoxy) is 2. The number of nitrogens with zero attached hydrogens (tertiary/aromatic N) is 1. The van der Waals surface area contributed by atoms with E-state index >= 15 is 0 Å². The van der Waals surface area contributed by atoms with Crippen LogP contribution in [0.15, 0.2) is 18.2 Å². The van der Waals surface area contributed by atoms with Crippen molar-refractivity contribution in [2.75, 3.05) is 31.3 Å². The van der Waals surface area contributed by atoms with Crippen molar-refractivity contribution in [3.8, 4) is 11.5 Å². The smallest absolute Gasteiger partial charge is 0.231 e. The lowest BCUT2D eigenvalue weighted by molar-refractivity contribution is 0.174. The lowest BCUT2D eigenvalue weighted by Gasteiger charge is -2.27. The molecule has 3 rings (SSSR count). The molecule has 1 saturated heterocycles. The van der Waals surface area contributed by atoms with E-state index in [0.717, 1.165) is 37.1 Å². The highest BCUT2D eigenvalue weighted by Crippen LogP contribution is 2.35. The van der Waals surface area contributed by atoms with Gasteiger partial charge in [0.25, 0.3) is 0 Å². The molecule has 0 saturated carbocycles. The molecule has 0 aliphatic carbocycles. The highest BCUT2D eigenvalue weighted by molar-refractivity contribution is 5.57. The average Bonchev–Trinajstić information content (AvgIpc) is 2.77. The Balaban J connectivity index is 1.74. The van der Waals surface area contributed by atoms with Gasteiger partial charge in [-0.1, -0.05) is 13.8 Å². The zero-order valence-electron chi connectivity index (χ0n) is 12.4.